The van der Waals surface area contributed by atoms with Gasteiger partial charge < -0.3 is 14.4 Å². The van der Waals surface area contributed by atoms with E-state index in [1.165, 1.54) is 4.90 Å². The van der Waals surface area contributed by atoms with E-state index >= 15 is 0 Å². The summed E-state index contributed by atoms with van der Waals surface area (Å²) in [5.41, 5.74) is 4.94. The number of benzene rings is 3. The van der Waals surface area contributed by atoms with Gasteiger partial charge in [0.25, 0.3) is 0 Å². The van der Waals surface area contributed by atoms with Gasteiger partial charge in [0.05, 0.1) is 23.7 Å². The second-order valence-electron chi connectivity index (χ2n) is 8.94. The maximum absolute atomic E-state index is 12.3. The highest BCUT2D eigenvalue weighted by Gasteiger charge is 2.49. The number of para-hydroxylation sites is 1. The van der Waals surface area contributed by atoms with Gasteiger partial charge in [0.1, 0.15) is 18.4 Å². The highest BCUT2D eigenvalue weighted by atomic mass is 16.5. The normalized spacial score (nSPS) is 17.1. The highest BCUT2D eigenvalue weighted by molar-refractivity contribution is 5.97. The van der Waals surface area contributed by atoms with Crippen LogP contribution in [-0.4, -0.2) is 41.5 Å². The summed E-state index contributed by atoms with van der Waals surface area (Å²) in [6.45, 7) is 2.47. The summed E-state index contributed by atoms with van der Waals surface area (Å²) in [7, 11) is 1.64. The van der Waals surface area contributed by atoms with Crippen LogP contribution in [0.3, 0.4) is 0 Å². The van der Waals surface area contributed by atoms with Gasteiger partial charge in [-0.05, 0) is 43.2 Å². The first-order valence-corrected chi connectivity index (χ1v) is 12.1. The average Bonchev–Trinajstić information content (AvgIpc) is 2.92. The molecule has 3 aromatic carbocycles. The number of hydrogen-bond acceptors (Lipinski definition) is 5. The Hall–Kier alpha value is -4.19. The molecule has 0 bridgehead atoms. The smallest absolute Gasteiger partial charge is 0.329 e. The molecular weight excluding hydrogens is 452 g/mol. The van der Waals surface area contributed by atoms with Crippen LogP contribution in [0, 0.1) is 5.92 Å². The van der Waals surface area contributed by atoms with E-state index in [1.807, 2.05) is 60.7 Å². The molecule has 1 aliphatic rings. The summed E-state index contributed by atoms with van der Waals surface area (Å²) in [5.74, 6) is -0.0310. The first-order valence-electron chi connectivity index (χ1n) is 12.1. The summed E-state index contributed by atoms with van der Waals surface area (Å²) < 4.78 is 11.3. The lowest BCUT2D eigenvalue weighted by molar-refractivity contribution is -0.171. The van der Waals surface area contributed by atoms with E-state index in [0.29, 0.717) is 19.6 Å². The number of hydrogen-bond donors (Lipinski definition) is 0. The van der Waals surface area contributed by atoms with Crippen molar-refractivity contribution < 1.29 is 19.1 Å². The van der Waals surface area contributed by atoms with Crippen molar-refractivity contribution in [3.05, 3.63) is 96.1 Å². The van der Waals surface area contributed by atoms with E-state index in [2.05, 4.69) is 24.3 Å². The Morgan fingerprint density at radius 3 is 2.44 bits per heavy atom. The van der Waals surface area contributed by atoms with E-state index in [1.54, 1.807) is 14.0 Å². The topological polar surface area (TPSA) is 68.7 Å². The van der Waals surface area contributed by atoms with Gasteiger partial charge in [0, 0.05) is 23.6 Å². The number of ether oxygens (including phenoxy) is 2. The summed E-state index contributed by atoms with van der Waals surface area (Å²) in [6.07, 6.45) is 0.488. The van der Waals surface area contributed by atoms with Crippen LogP contribution < -0.4 is 4.74 Å². The average molecular weight is 481 g/mol. The lowest BCUT2D eigenvalue weighted by Gasteiger charge is -2.43. The quantitative estimate of drug-likeness (QED) is 0.261. The van der Waals surface area contributed by atoms with Crippen LogP contribution >= 0.6 is 0 Å². The minimum atomic E-state index is -0.521. The van der Waals surface area contributed by atoms with Crippen LogP contribution in [0.4, 0.5) is 0 Å². The number of nitrogens with zero attached hydrogens (tertiary/aromatic N) is 2. The van der Waals surface area contributed by atoms with Crippen molar-refractivity contribution in [1.29, 1.82) is 0 Å². The first kappa shape index (κ1) is 23.5. The Kier molecular flexibility index (Phi) is 6.67. The number of carbonyl (C=O) groups excluding carboxylic acids is 2. The van der Waals surface area contributed by atoms with Gasteiger partial charge in [-0.2, -0.15) is 0 Å². The number of esters is 1. The van der Waals surface area contributed by atoms with Crippen molar-refractivity contribution in [1.82, 2.24) is 9.88 Å². The number of fused-ring (bicyclic) bond motifs is 1. The van der Waals surface area contributed by atoms with Gasteiger partial charge in [-0.25, -0.2) is 9.78 Å². The zero-order valence-corrected chi connectivity index (χ0v) is 20.4. The lowest BCUT2D eigenvalue weighted by Crippen LogP contribution is -2.63. The van der Waals surface area contributed by atoms with Crippen LogP contribution in [-0.2, 0) is 27.4 Å². The third-order valence-corrected chi connectivity index (χ3v) is 6.64. The molecule has 0 N–H and O–H groups in total. The minimum Gasteiger partial charge on any atom is -0.489 e. The molecule has 0 unspecified atom stereocenters. The lowest BCUT2D eigenvalue weighted by atomic mass is 9.83. The van der Waals surface area contributed by atoms with E-state index in [-0.39, 0.29) is 17.8 Å². The highest BCUT2D eigenvalue weighted by Crippen LogP contribution is 2.30. The maximum Gasteiger partial charge on any atom is 0.329 e. The van der Waals surface area contributed by atoms with Crippen LogP contribution in [0.25, 0.3) is 22.2 Å². The molecule has 2 heterocycles. The molecule has 0 aliphatic carbocycles. The standard InChI is InChI=1S/C30H28N2O4/c1-3-35-30(34)28-25(29(33)32(28)2)17-20-13-15-23(16-14-20)36-19-22-18-27(21-9-5-4-6-10-21)31-26-12-8-7-11-24(22)26/h4-16,18,25,28H,3,17,19H2,1-2H3/t25-,28-/m0/s1. The summed E-state index contributed by atoms with van der Waals surface area (Å²) in [4.78, 5) is 30.9. The molecule has 1 fully saturated rings. The van der Waals surface area contributed by atoms with Crippen molar-refractivity contribution in [3.63, 3.8) is 0 Å². The second-order valence-corrected chi connectivity index (χ2v) is 8.94. The molecule has 0 saturated carbocycles. The number of carbonyl (C=O) groups is 2. The number of amides is 1. The van der Waals surface area contributed by atoms with Crippen molar-refractivity contribution in [2.75, 3.05) is 13.7 Å². The van der Waals surface area contributed by atoms with Gasteiger partial charge >= 0.3 is 5.97 Å². The molecule has 182 valence electrons. The fourth-order valence-corrected chi connectivity index (χ4v) is 4.73. The number of likely N-dealkylation sites (tertiary alicyclic amines) is 1. The van der Waals surface area contributed by atoms with Gasteiger partial charge in [-0.3, -0.25) is 4.79 Å². The summed E-state index contributed by atoms with van der Waals surface area (Å²) in [6, 6.07) is 27.5. The van der Waals surface area contributed by atoms with Gasteiger partial charge in [0.15, 0.2) is 0 Å². The Bertz CT molecular complexity index is 1390. The zero-order valence-electron chi connectivity index (χ0n) is 20.4. The largest absolute Gasteiger partial charge is 0.489 e. The Morgan fingerprint density at radius 1 is 0.972 bits per heavy atom. The Balaban J connectivity index is 1.30. The van der Waals surface area contributed by atoms with Crippen molar-refractivity contribution in [2.24, 2.45) is 5.92 Å². The van der Waals surface area contributed by atoms with Crippen LogP contribution in [0.2, 0.25) is 0 Å². The molecule has 1 aliphatic heterocycles. The van der Waals surface area contributed by atoms with Crippen LogP contribution in [0.1, 0.15) is 18.1 Å². The number of likely N-dealkylation sites (N-methyl/N-ethyl adjacent to an activating group) is 1. The van der Waals surface area contributed by atoms with Gasteiger partial charge in [-0.15, -0.1) is 0 Å². The maximum atomic E-state index is 12.3. The second kappa shape index (κ2) is 10.2. The molecule has 2 atom stereocenters. The molecule has 6 nitrogen and oxygen atoms in total. The van der Waals surface area contributed by atoms with Crippen molar-refractivity contribution >= 4 is 22.8 Å². The summed E-state index contributed by atoms with van der Waals surface area (Å²) >= 11 is 0. The third-order valence-electron chi connectivity index (χ3n) is 6.64. The monoisotopic (exact) mass is 480 g/mol. The van der Waals surface area contributed by atoms with Crippen molar-refractivity contribution in [3.8, 4) is 17.0 Å². The molecule has 4 aromatic rings. The molecule has 1 saturated heterocycles. The number of rotatable bonds is 8. The molecule has 1 amide bonds. The first-order chi connectivity index (χ1) is 17.5. The molecule has 0 spiro atoms. The number of β-lactam (4-membered cyclic amide) rings is 1. The van der Waals surface area contributed by atoms with Crippen LogP contribution in [0.15, 0.2) is 84.9 Å². The van der Waals surface area contributed by atoms with Crippen LogP contribution in [0.5, 0.6) is 5.75 Å². The van der Waals surface area contributed by atoms with E-state index in [9.17, 15) is 9.59 Å². The fraction of sp³-hybridized carbons (Fsp3) is 0.233. The Morgan fingerprint density at radius 2 is 1.69 bits per heavy atom. The number of pyridine rings is 1. The number of aromatic nitrogens is 1. The minimum absolute atomic E-state index is 0.0350. The summed E-state index contributed by atoms with van der Waals surface area (Å²) in [5, 5.41) is 1.06. The van der Waals surface area contributed by atoms with E-state index in [4.69, 9.17) is 14.5 Å². The van der Waals surface area contributed by atoms with E-state index in [0.717, 1.165) is 39.0 Å². The molecule has 6 heteroatoms. The predicted octanol–water partition coefficient (Wildman–Crippen LogP) is 5.04. The fourth-order valence-electron chi connectivity index (χ4n) is 4.73. The zero-order chi connectivity index (χ0) is 25.1. The molecule has 0 radical (unpaired) electrons. The SMILES string of the molecule is CCOC(=O)[C@@H]1[C@H](Cc2ccc(OCc3cc(-c4ccccc4)nc4ccccc34)cc2)C(=O)N1C. The Labute approximate surface area is 210 Å². The third kappa shape index (κ3) is 4.67. The van der Waals surface area contributed by atoms with E-state index < -0.39 is 6.04 Å². The van der Waals surface area contributed by atoms with Gasteiger partial charge in [0.2, 0.25) is 5.91 Å². The molecule has 1 aromatic heterocycles. The molecule has 5 rings (SSSR count). The predicted molar refractivity (Wildman–Crippen MR) is 138 cm³/mol. The van der Waals surface area contributed by atoms with Gasteiger partial charge in [-0.1, -0.05) is 60.7 Å². The van der Waals surface area contributed by atoms with Crippen molar-refractivity contribution in [2.45, 2.75) is 26.0 Å². The molecular formula is C30H28N2O4. The molecule has 36 heavy (non-hydrogen) atoms.